The zero-order valence-corrected chi connectivity index (χ0v) is 25.7. The van der Waals surface area contributed by atoms with Gasteiger partial charge in [0.15, 0.2) is 5.82 Å². The van der Waals surface area contributed by atoms with Crippen molar-refractivity contribution in [2.45, 2.75) is 21.5 Å². The highest BCUT2D eigenvalue weighted by Gasteiger charge is 2.42. The molecule has 0 saturated carbocycles. The average Bonchev–Trinajstić information content (AvgIpc) is 3.67. The quantitative estimate of drug-likeness (QED) is 0.199. The zero-order chi connectivity index (χ0) is 30.2. The summed E-state index contributed by atoms with van der Waals surface area (Å²) in [6.45, 7) is 0.0831. The molecule has 5 rings (SSSR count). The Hall–Kier alpha value is -3.65. The van der Waals surface area contributed by atoms with E-state index in [1.54, 1.807) is 36.4 Å². The van der Waals surface area contributed by atoms with E-state index < -0.39 is 32.0 Å². The molecule has 11 nitrogen and oxygen atoms in total. The number of hydrogen-bond donors (Lipinski definition) is 2. The Morgan fingerprint density at radius 1 is 0.952 bits per heavy atom. The van der Waals surface area contributed by atoms with Crippen molar-refractivity contribution in [1.29, 1.82) is 5.26 Å². The fourth-order valence-corrected chi connectivity index (χ4v) is 11.1. The molecule has 0 fully saturated rings. The van der Waals surface area contributed by atoms with Crippen LogP contribution in [-0.2, 0) is 33.1 Å². The van der Waals surface area contributed by atoms with Gasteiger partial charge in [0.2, 0.25) is 0 Å². The summed E-state index contributed by atoms with van der Waals surface area (Å²) >= 11 is 13.4. The molecule has 0 spiro atoms. The largest absolute Gasteiger partial charge is 0.465 e. The van der Waals surface area contributed by atoms with E-state index in [0.717, 1.165) is 0 Å². The van der Waals surface area contributed by atoms with Crippen LogP contribution in [0.1, 0.15) is 16.7 Å². The van der Waals surface area contributed by atoms with Gasteiger partial charge < -0.3 is 10.4 Å². The van der Waals surface area contributed by atoms with Crippen molar-refractivity contribution in [3.8, 4) is 6.07 Å². The molecular formula is C25H17Cl2N5O6S4. The van der Waals surface area contributed by atoms with Crippen molar-refractivity contribution in [3.63, 3.8) is 0 Å². The van der Waals surface area contributed by atoms with Crippen LogP contribution < -0.4 is 9.03 Å². The number of nitriles is 1. The van der Waals surface area contributed by atoms with Crippen molar-refractivity contribution in [1.82, 2.24) is 15.1 Å². The number of carboxylic acid groups (broad SMARTS) is 1. The van der Waals surface area contributed by atoms with E-state index in [2.05, 4.69) is 10.4 Å². The predicted molar refractivity (Wildman–Crippen MR) is 160 cm³/mol. The number of rotatable bonds is 9. The van der Waals surface area contributed by atoms with Crippen LogP contribution in [0.15, 0.2) is 75.1 Å². The predicted octanol–water partition coefficient (Wildman–Crippen LogP) is 5.74. The number of halogens is 2. The number of nitrogens with zero attached hydrogens (tertiary/aromatic N) is 4. The van der Waals surface area contributed by atoms with Gasteiger partial charge in [0.05, 0.1) is 37.8 Å². The fraction of sp³-hybridized carbons (Fsp3) is 0.0800. The third-order valence-electron chi connectivity index (χ3n) is 5.86. The SMILES string of the molecule is N#Cc1cccc2c1c(N(S(=O)(=O)c1ccc(Cl)s1)S(=O)(=O)c1ccc(Cl)s1)nn2Cc1cccc(CNC(=O)O)c1. The first-order valence-corrected chi connectivity index (χ1v) is 16.9. The maximum Gasteiger partial charge on any atom is 0.404 e. The molecule has 0 saturated heterocycles. The molecule has 0 atom stereocenters. The molecule has 0 aliphatic rings. The summed E-state index contributed by atoms with van der Waals surface area (Å²) in [4.78, 5) is 10.9. The Kier molecular flexibility index (Phi) is 8.21. The Balaban J connectivity index is 1.74. The van der Waals surface area contributed by atoms with Crippen LogP contribution in [-0.4, -0.2) is 37.8 Å². The smallest absolute Gasteiger partial charge is 0.404 e. The van der Waals surface area contributed by atoms with Gasteiger partial charge in [0.1, 0.15) is 8.42 Å². The number of hydrogen-bond acceptors (Lipinski definition) is 9. The molecule has 0 radical (unpaired) electrons. The number of benzene rings is 2. The number of amides is 1. The summed E-state index contributed by atoms with van der Waals surface area (Å²) in [6, 6.07) is 18.5. The molecule has 0 unspecified atom stereocenters. The lowest BCUT2D eigenvalue weighted by molar-refractivity contribution is 0.194. The lowest BCUT2D eigenvalue weighted by Gasteiger charge is -2.21. The van der Waals surface area contributed by atoms with Crippen molar-refractivity contribution in [3.05, 3.63) is 92.1 Å². The lowest BCUT2D eigenvalue weighted by Crippen LogP contribution is -2.37. The normalized spacial score (nSPS) is 11.8. The number of fused-ring (bicyclic) bond motifs is 1. The van der Waals surface area contributed by atoms with E-state index in [-0.39, 0.29) is 44.8 Å². The molecule has 0 aliphatic heterocycles. The molecule has 1 amide bonds. The first-order chi connectivity index (χ1) is 19.9. The Labute approximate surface area is 257 Å². The number of nitrogens with one attached hydrogen (secondary N) is 1. The van der Waals surface area contributed by atoms with Crippen molar-refractivity contribution in [2.24, 2.45) is 0 Å². The van der Waals surface area contributed by atoms with E-state index in [1.165, 1.54) is 35.0 Å². The molecule has 5 aromatic rings. The van der Waals surface area contributed by atoms with Crippen LogP contribution in [0.4, 0.5) is 10.6 Å². The highest BCUT2D eigenvalue weighted by Crippen LogP contribution is 2.40. The van der Waals surface area contributed by atoms with Gasteiger partial charge in [0, 0.05) is 6.54 Å². The summed E-state index contributed by atoms with van der Waals surface area (Å²) in [5.41, 5.74) is 1.60. The van der Waals surface area contributed by atoms with E-state index in [1.807, 2.05) is 6.07 Å². The minimum Gasteiger partial charge on any atom is -0.465 e. The van der Waals surface area contributed by atoms with E-state index in [4.69, 9.17) is 28.3 Å². The first-order valence-electron chi connectivity index (χ1n) is 11.7. The Morgan fingerprint density at radius 2 is 1.55 bits per heavy atom. The summed E-state index contributed by atoms with van der Waals surface area (Å²) < 4.78 is 57.3. The van der Waals surface area contributed by atoms with E-state index in [9.17, 15) is 26.9 Å². The zero-order valence-electron chi connectivity index (χ0n) is 20.9. The van der Waals surface area contributed by atoms with Gasteiger partial charge in [-0.25, -0.2) is 4.79 Å². The van der Waals surface area contributed by atoms with Gasteiger partial charge in [-0.3, -0.25) is 4.68 Å². The highest BCUT2D eigenvalue weighted by atomic mass is 35.5. The highest BCUT2D eigenvalue weighted by molar-refractivity contribution is 8.11. The molecule has 3 aromatic heterocycles. The van der Waals surface area contributed by atoms with Crippen LogP contribution in [0, 0.1) is 11.3 Å². The Bertz CT molecular complexity index is 2030. The summed E-state index contributed by atoms with van der Waals surface area (Å²) in [5, 5.41) is 25.6. The maximum absolute atomic E-state index is 14.0. The van der Waals surface area contributed by atoms with Crippen LogP contribution in [0.2, 0.25) is 8.67 Å². The van der Waals surface area contributed by atoms with Crippen molar-refractivity contribution < 1.29 is 26.7 Å². The standard InChI is InChI=1S/C25H17Cl2N5O6S4/c26-19-7-9-21(39-19)41(35,36)32(42(37,38)22-10-8-20(27)40-22)24-23-17(12-28)5-2-6-18(23)31(30-24)14-16-4-1-3-15(11-16)13-29-25(33)34/h1-11,29H,13-14H2,(H,33,34). The number of anilines is 1. The minimum absolute atomic E-state index is 0.00107. The fourth-order valence-electron chi connectivity index (χ4n) is 4.13. The minimum atomic E-state index is -4.83. The second-order valence-electron chi connectivity index (χ2n) is 8.60. The molecular weight excluding hydrogens is 665 g/mol. The molecule has 0 bridgehead atoms. The van der Waals surface area contributed by atoms with Crippen LogP contribution in [0.3, 0.4) is 0 Å². The third kappa shape index (κ3) is 5.69. The molecule has 3 heterocycles. The first kappa shape index (κ1) is 29.8. The Morgan fingerprint density at radius 3 is 2.10 bits per heavy atom. The van der Waals surface area contributed by atoms with E-state index in [0.29, 0.717) is 39.3 Å². The molecule has 2 aromatic carbocycles. The number of thiophene rings is 2. The monoisotopic (exact) mass is 681 g/mol. The summed E-state index contributed by atoms with van der Waals surface area (Å²) in [5.74, 6) is -0.500. The van der Waals surface area contributed by atoms with Gasteiger partial charge in [0.25, 0.3) is 20.0 Å². The lowest BCUT2D eigenvalue weighted by atomic mass is 10.1. The number of sulfonamides is 2. The van der Waals surface area contributed by atoms with Crippen LogP contribution >= 0.6 is 45.9 Å². The van der Waals surface area contributed by atoms with Gasteiger partial charge >= 0.3 is 6.09 Å². The van der Waals surface area contributed by atoms with Gasteiger partial charge in [-0.15, -0.1) is 26.4 Å². The second kappa shape index (κ2) is 11.6. The van der Waals surface area contributed by atoms with Crippen molar-refractivity contribution in [2.75, 3.05) is 3.71 Å². The van der Waals surface area contributed by atoms with E-state index >= 15 is 0 Å². The third-order valence-corrected chi connectivity index (χ3v) is 13.4. The average molecular weight is 683 g/mol. The van der Waals surface area contributed by atoms with Gasteiger partial charge in [-0.1, -0.05) is 53.5 Å². The molecule has 42 heavy (non-hydrogen) atoms. The van der Waals surface area contributed by atoms with Gasteiger partial charge in [-0.2, -0.15) is 27.2 Å². The molecule has 2 N–H and O–H groups in total. The maximum atomic E-state index is 14.0. The summed E-state index contributed by atoms with van der Waals surface area (Å²) in [7, 11) is -9.67. The van der Waals surface area contributed by atoms with Gasteiger partial charge in [-0.05, 0) is 47.5 Å². The summed E-state index contributed by atoms with van der Waals surface area (Å²) in [6.07, 6.45) is -1.19. The molecule has 0 aliphatic carbocycles. The van der Waals surface area contributed by atoms with Crippen molar-refractivity contribution >= 4 is 88.7 Å². The van der Waals surface area contributed by atoms with Crippen LogP contribution in [0.25, 0.3) is 10.9 Å². The molecule has 17 heteroatoms. The number of aromatic nitrogens is 2. The second-order valence-corrected chi connectivity index (χ2v) is 16.3. The number of carbonyl (C=O) groups is 1. The van der Waals surface area contributed by atoms with Crippen LogP contribution in [0.5, 0.6) is 0 Å². The topological polar surface area (TPSA) is 162 Å². The molecule has 216 valence electrons.